The number of anilines is 1. The molecule has 1 heterocycles. The Morgan fingerprint density at radius 2 is 1.90 bits per heavy atom. The zero-order valence-corrected chi connectivity index (χ0v) is 12.9. The maximum Gasteiger partial charge on any atom is 0.151 e. The molecule has 0 aliphatic heterocycles. The van der Waals surface area contributed by atoms with Crippen molar-refractivity contribution in [2.45, 2.75) is 64.5 Å². The van der Waals surface area contributed by atoms with Crippen LogP contribution in [0.25, 0.3) is 0 Å². The predicted molar refractivity (Wildman–Crippen MR) is 83.9 cm³/mol. The molecule has 4 nitrogen and oxygen atoms in total. The van der Waals surface area contributed by atoms with Gasteiger partial charge >= 0.3 is 0 Å². The summed E-state index contributed by atoms with van der Waals surface area (Å²) in [4.78, 5) is 2.32. The average Bonchev–Trinajstić information content (AvgIpc) is 2.77. The molecular formula is C16H28N4. The second-order valence-corrected chi connectivity index (χ2v) is 5.82. The molecule has 1 fully saturated rings. The number of hydrogen-bond donors (Lipinski definition) is 1. The van der Waals surface area contributed by atoms with Crippen molar-refractivity contribution in [3.05, 3.63) is 17.8 Å². The number of nitrogens with one attached hydrogen (secondary N) is 1. The van der Waals surface area contributed by atoms with Gasteiger partial charge in [0.25, 0.3) is 0 Å². The van der Waals surface area contributed by atoms with Crippen LogP contribution in [0, 0.1) is 0 Å². The molecule has 20 heavy (non-hydrogen) atoms. The molecule has 112 valence electrons. The van der Waals surface area contributed by atoms with E-state index >= 15 is 0 Å². The zero-order chi connectivity index (χ0) is 14.2. The summed E-state index contributed by atoms with van der Waals surface area (Å²) in [5.74, 6) is 1.01. The van der Waals surface area contributed by atoms with Gasteiger partial charge in [-0.15, -0.1) is 5.10 Å². The normalized spacial score (nSPS) is 16.9. The van der Waals surface area contributed by atoms with E-state index in [0.717, 1.165) is 31.0 Å². The highest BCUT2D eigenvalue weighted by atomic mass is 15.3. The van der Waals surface area contributed by atoms with E-state index in [-0.39, 0.29) is 0 Å². The fourth-order valence-corrected chi connectivity index (χ4v) is 2.86. The molecule has 0 aromatic carbocycles. The standard InChI is InChI=1S/C16H28N4/c1-3-12-17-13-14-10-11-16(19-18-14)20(2)15-8-6-4-5-7-9-15/h10-11,15,17H,3-9,12-13H2,1-2H3. The van der Waals surface area contributed by atoms with E-state index in [1.165, 1.54) is 38.5 Å². The van der Waals surface area contributed by atoms with Gasteiger partial charge in [-0.1, -0.05) is 32.6 Å². The lowest BCUT2D eigenvalue weighted by molar-refractivity contribution is 0.546. The molecule has 0 amide bonds. The van der Waals surface area contributed by atoms with Crippen LogP contribution in [0.1, 0.15) is 57.6 Å². The lowest BCUT2D eigenvalue weighted by atomic mass is 10.1. The van der Waals surface area contributed by atoms with Crippen molar-refractivity contribution in [2.24, 2.45) is 0 Å². The molecule has 0 radical (unpaired) electrons. The minimum atomic E-state index is 0.635. The monoisotopic (exact) mass is 276 g/mol. The van der Waals surface area contributed by atoms with Crippen LogP contribution >= 0.6 is 0 Å². The third-order valence-electron chi connectivity index (χ3n) is 4.17. The highest BCUT2D eigenvalue weighted by Gasteiger charge is 2.18. The zero-order valence-electron chi connectivity index (χ0n) is 12.9. The Kier molecular flexibility index (Phi) is 6.25. The Morgan fingerprint density at radius 1 is 1.15 bits per heavy atom. The summed E-state index contributed by atoms with van der Waals surface area (Å²) in [7, 11) is 2.16. The summed E-state index contributed by atoms with van der Waals surface area (Å²) in [5, 5.41) is 12.1. The van der Waals surface area contributed by atoms with Crippen LogP contribution in [0.3, 0.4) is 0 Å². The molecule has 0 bridgehead atoms. The van der Waals surface area contributed by atoms with Gasteiger partial charge < -0.3 is 10.2 Å². The van der Waals surface area contributed by atoms with Gasteiger partial charge in [-0.3, -0.25) is 0 Å². The fourth-order valence-electron chi connectivity index (χ4n) is 2.86. The minimum Gasteiger partial charge on any atom is -0.355 e. The number of rotatable bonds is 6. The molecule has 1 aromatic heterocycles. The summed E-state index contributed by atoms with van der Waals surface area (Å²) >= 11 is 0. The van der Waals surface area contributed by atoms with Gasteiger partial charge in [0.1, 0.15) is 0 Å². The first-order valence-electron chi connectivity index (χ1n) is 8.07. The Balaban J connectivity index is 1.90. The topological polar surface area (TPSA) is 41.0 Å². The summed E-state index contributed by atoms with van der Waals surface area (Å²) in [6, 6.07) is 4.84. The first-order chi connectivity index (χ1) is 9.81. The van der Waals surface area contributed by atoms with Crippen LogP contribution in [0.15, 0.2) is 12.1 Å². The van der Waals surface area contributed by atoms with Crippen LogP contribution in [-0.2, 0) is 6.54 Å². The molecule has 0 atom stereocenters. The van der Waals surface area contributed by atoms with Crippen LogP contribution in [0.2, 0.25) is 0 Å². The van der Waals surface area contributed by atoms with Gasteiger partial charge in [-0.05, 0) is 37.9 Å². The molecule has 1 aliphatic carbocycles. The Bertz CT molecular complexity index is 369. The van der Waals surface area contributed by atoms with Gasteiger partial charge in [-0.2, -0.15) is 5.10 Å². The van der Waals surface area contributed by atoms with Crippen LogP contribution in [0.5, 0.6) is 0 Å². The maximum absolute atomic E-state index is 4.40. The lowest BCUT2D eigenvalue weighted by Crippen LogP contribution is -2.32. The van der Waals surface area contributed by atoms with Crippen LogP contribution in [0.4, 0.5) is 5.82 Å². The van der Waals surface area contributed by atoms with E-state index in [4.69, 9.17) is 0 Å². The van der Waals surface area contributed by atoms with E-state index in [1.54, 1.807) is 0 Å². The van der Waals surface area contributed by atoms with Crippen molar-refractivity contribution in [3.8, 4) is 0 Å². The van der Waals surface area contributed by atoms with Crippen molar-refractivity contribution in [1.29, 1.82) is 0 Å². The van der Waals surface area contributed by atoms with E-state index in [0.29, 0.717) is 6.04 Å². The molecule has 0 unspecified atom stereocenters. The van der Waals surface area contributed by atoms with Crippen molar-refractivity contribution in [2.75, 3.05) is 18.5 Å². The second kappa shape index (κ2) is 8.20. The number of aromatic nitrogens is 2. The van der Waals surface area contributed by atoms with Crippen LogP contribution in [-0.4, -0.2) is 29.8 Å². The molecule has 1 aliphatic rings. The van der Waals surface area contributed by atoms with Gasteiger partial charge in [-0.25, -0.2) is 0 Å². The number of nitrogens with zero attached hydrogens (tertiary/aromatic N) is 3. The largest absolute Gasteiger partial charge is 0.355 e. The summed E-state index contributed by atoms with van der Waals surface area (Å²) < 4.78 is 0. The average molecular weight is 276 g/mol. The van der Waals surface area contributed by atoms with E-state index in [2.05, 4.69) is 46.5 Å². The Hall–Kier alpha value is -1.16. The second-order valence-electron chi connectivity index (χ2n) is 5.82. The molecule has 0 spiro atoms. The predicted octanol–water partition coefficient (Wildman–Crippen LogP) is 3.14. The highest BCUT2D eigenvalue weighted by molar-refractivity contribution is 5.37. The third-order valence-corrected chi connectivity index (χ3v) is 4.17. The van der Waals surface area contributed by atoms with Crippen molar-refractivity contribution < 1.29 is 0 Å². The molecule has 1 saturated carbocycles. The van der Waals surface area contributed by atoms with Crippen molar-refractivity contribution >= 4 is 5.82 Å². The molecule has 2 rings (SSSR count). The first kappa shape index (κ1) is 15.2. The number of hydrogen-bond acceptors (Lipinski definition) is 4. The smallest absolute Gasteiger partial charge is 0.151 e. The summed E-state index contributed by atoms with van der Waals surface area (Å²) in [5.41, 5.74) is 1.02. The molecule has 4 heteroatoms. The highest BCUT2D eigenvalue weighted by Crippen LogP contribution is 2.23. The van der Waals surface area contributed by atoms with E-state index in [9.17, 15) is 0 Å². The van der Waals surface area contributed by atoms with Crippen molar-refractivity contribution in [3.63, 3.8) is 0 Å². The van der Waals surface area contributed by atoms with E-state index in [1.807, 2.05) is 0 Å². The molecule has 1 aromatic rings. The van der Waals surface area contributed by atoms with Crippen LogP contribution < -0.4 is 10.2 Å². The summed E-state index contributed by atoms with van der Waals surface area (Å²) in [6.07, 6.45) is 9.20. The third kappa shape index (κ3) is 4.44. The lowest BCUT2D eigenvalue weighted by Gasteiger charge is -2.27. The van der Waals surface area contributed by atoms with E-state index < -0.39 is 0 Å². The summed E-state index contributed by atoms with van der Waals surface area (Å²) in [6.45, 7) is 4.02. The van der Waals surface area contributed by atoms with Gasteiger partial charge in [0.15, 0.2) is 5.82 Å². The Labute approximate surface area is 123 Å². The first-order valence-corrected chi connectivity index (χ1v) is 8.07. The molecule has 1 N–H and O–H groups in total. The molecule has 0 saturated heterocycles. The fraction of sp³-hybridized carbons (Fsp3) is 0.750. The van der Waals surface area contributed by atoms with Gasteiger partial charge in [0.05, 0.1) is 5.69 Å². The van der Waals surface area contributed by atoms with Gasteiger partial charge in [0, 0.05) is 19.6 Å². The maximum atomic E-state index is 4.40. The molecular weight excluding hydrogens is 248 g/mol. The van der Waals surface area contributed by atoms with Crippen molar-refractivity contribution in [1.82, 2.24) is 15.5 Å². The Morgan fingerprint density at radius 3 is 2.50 bits per heavy atom. The van der Waals surface area contributed by atoms with Gasteiger partial charge in [0.2, 0.25) is 0 Å². The quantitative estimate of drug-likeness (QED) is 0.640. The minimum absolute atomic E-state index is 0.635. The SMILES string of the molecule is CCCNCc1ccc(N(C)C2CCCCCC2)nn1.